The summed E-state index contributed by atoms with van der Waals surface area (Å²) in [5.41, 5.74) is 1.76. The monoisotopic (exact) mass is 430 g/mol. The topological polar surface area (TPSA) is 67.9 Å². The van der Waals surface area contributed by atoms with Crippen molar-refractivity contribution in [1.82, 2.24) is 5.32 Å². The molecular formula is C21H19ClN2O4S. The third-order valence-electron chi connectivity index (χ3n) is 4.38. The van der Waals surface area contributed by atoms with Crippen molar-refractivity contribution in [2.24, 2.45) is 0 Å². The van der Waals surface area contributed by atoms with E-state index in [1.54, 1.807) is 50.4 Å². The summed E-state index contributed by atoms with van der Waals surface area (Å²) in [5.74, 6) is -0.0144. The molecule has 6 nitrogen and oxygen atoms in total. The summed E-state index contributed by atoms with van der Waals surface area (Å²) in [4.78, 5) is 26.9. The first-order chi connectivity index (χ1) is 13.9. The molecule has 1 fully saturated rings. The number of nitrogens with zero attached hydrogens (tertiary/aromatic N) is 1. The van der Waals surface area contributed by atoms with Gasteiger partial charge >= 0.3 is 0 Å². The van der Waals surface area contributed by atoms with Crippen LogP contribution in [0.4, 0.5) is 5.69 Å². The van der Waals surface area contributed by atoms with Crippen LogP contribution in [0, 0.1) is 6.92 Å². The summed E-state index contributed by atoms with van der Waals surface area (Å²) in [6.07, 6.45) is 1.49. The highest BCUT2D eigenvalue weighted by Crippen LogP contribution is 2.31. The van der Waals surface area contributed by atoms with E-state index < -0.39 is 11.8 Å². The lowest BCUT2D eigenvalue weighted by atomic mass is 10.1. The normalized spacial score (nSPS) is 15.5. The van der Waals surface area contributed by atoms with Crippen LogP contribution in [0.15, 0.2) is 42.0 Å². The molecule has 3 rings (SSSR count). The van der Waals surface area contributed by atoms with E-state index in [0.29, 0.717) is 39.9 Å². The number of ether oxygens (including phenoxy) is 2. The first-order valence-corrected chi connectivity index (χ1v) is 9.63. The number of hydrogen-bond donors (Lipinski definition) is 1. The maximum absolute atomic E-state index is 13.2. The standard InChI is InChI=1S/C21H19ClN2O4S/c1-4-28-18-11-13(8-9-17(18)27-3)10-14-19(25)23-21(29)24(20(14)26)16-7-5-6-15(22)12(16)2/h5-11H,4H2,1-3H3,(H,23,25,29)/b14-10+. The fraction of sp³-hybridized carbons (Fsp3) is 0.190. The van der Waals surface area contributed by atoms with Crippen LogP contribution in [0.2, 0.25) is 5.02 Å². The highest BCUT2D eigenvalue weighted by molar-refractivity contribution is 7.80. The number of methoxy groups -OCH3 is 1. The predicted molar refractivity (Wildman–Crippen MR) is 117 cm³/mol. The number of benzene rings is 2. The summed E-state index contributed by atoms with van der Waals surface area (Å²) in [6, 6.07) is 10.3. The average molecular weight is 431 g/mol. The second-order valence-corrected chi connectivity index (χ2v) is 6.98. The molecule has 0 unspecified atom stereocenters. The number of carbonyl (C=O) groups is 2. The molecule has 1 N–H and O–H groups in total. The Hall–Kier alpha value is -2.90. The molecule has 2 aromatic rings. The molecule has 150 valence electrons. The van der Waals surface area contributed by atoms with Crippen molar-refractivity contribution in [2.45, 2.75) is 13.8 Å². The predicted octanol–water partition coefficient (Wildman–Crippen LogP) is 3.89. The fourth-order valence-electron chi connectivity index (χ4n) is 2.93. The molecule has 1 heterocycles. The minimum Gasteiger partial charge on any atom is -0.493 e. The number of carbonyl (C=O) groups excluding carboxylic acids is 2. The highest BCUT2D eigenvalue weighted by atomic mass is 35.5. The maximum Gasteiger partial charge on any atom is 0.270 e. The van der Waals surface area contributed by atoms with Crippen LogP contribution < -0.4 is 19.7 Å². The maximum atomic E-state index is 13.2. The number of amides is 2. The molecular weight excluding hydrogens is 412 g/mol. The van der Waals surface area contributed by atoms with E-state index in [1.807, 2.05) is 6.92 Å². The van der Waals surface area contributed by atoms with Gasteiger partial charge in [0.2, 0.25) is 0 Å². The first kappa shape index (κ1) is 20.8. The second-order valence-electron chi connectivity index (χ2n) is 6.19. The van der Waals surface area contributed by atoms with Crippen LogP contribution >= 0.6 is 23.8 Å². The van der Waals surface area contributed by atoms with Gasteiger partial charge in [0, 0.05) is 5.02 Å². The molecule has 0 aliphatic carbocycles. The summed E-state index contributed by atoms with van der Waals surface area (Å²) in [6.45, 7) is 4.09. The number of hydrogen-bond acceptors (Lipinski definition) is 5. The van der Waals surface area contributed by atoms with Crippen LogP contribution in [0.5, 0.6) is 11.5 Å². The quantitative estimate of drug-likeness (QED) is 0.443. The van der Waals surface area contributed by atoms with Gasteiger partial charge in [-0.25, -0.2) is 0 Å². The summed E-state index contributed by atoms with van der Waals surface area (Å²) in [7, 11) is 1.54. The first-order valence-electron chi connectivity index (χ1n) is 8.84. The molecule has 1 aliphatic rings. The van der Waals surface area contributed by atoms with E-state index in [4.69, 9.17) is 33.3 Å². The van der Waals surface area contributed by atoms with Crippen LogP contribution in [-0.2, 0) is 9.59 Å². The Labute approximate surface area is 179 Å². The van der Waals surface area contributed by atoms with Gasteiger partial charge in [-0.1, -0.05) is 23.7 Å². The zero-order chi connectivity index (χ0) is 21.1. The van der Waals surface area contributed by atoms with Crippen LogP contribution in [0.1, 0.15) is 18.1 Å². The number of anilines is 1. The SMILES string of the molecule is CCOc1cc(/C=C2\C(=O)NC(=S)N(c3cccc(Cl)c3C)C2=O)ccc1OC. The van der Waals surface area contributed by atoms with Crippen molar-refractivity contribution in [3.05, 3.63) is 58.1 Å². The number of halogens is 1. The van der Waals surface area contributed by atoms with E-state index in [2.05, 4.69) is 5.32 Å². The van der Waals surface area contributed by atoms with Crippen molar-refractivity contribution in [2.75, 3.05) is 18.6 Å². The van der Waals surface area contributed by atoms with Crippen LogP contribution in [0.3, 0.4) is 0 Å². The Balaban J connectivity index is 2.04. The summed E-state index contributed by atoms with van der Waals surface area (Å²) in [5, 5.41) is 3.07. The zero-order valence-electron chi connectivity index (χ0n) is 16.1. The van der Waals surface area contributed by atoms with E-state index in [0.717, 1.165) is 0 Å². The molecule has 0 saturated carbocycles. The van der Waals surface area contributed by atoms with Crippen molar-refractivity contribution in [3.8, 4) is 11.5 Å². The summed E-state index contributed by atoms with van der Waals surface area (Å²) < 4.78 is 10.8. The Morgan fingerprint density at radius 1 is 1.21 bits per heavy atom. The van der Waals surface area contributed by atoms with Crippen molar-refractivity contribution >= 4 is 52.5 Å². The van der Waals surface area contributed by atoms with Gasteiger partial charge < -0.3 is 9.47 Å². The molecule has 0 radical (unpaired) electrons. The van der Waals surface area contributed by atoms with Crippen molar-refractivity contribution in [3.63, 3.8) is 0 Å². The molecule has 0 spiro atoms. The Bertz CT molecular complexity index is 1040. The fourth-order valence-corrected chi connectivity index (χ4v) is 3.38. The van der Waals surface area contributed by atoms with Gasteiger partial charge in [-0.05, 0) is 67.5 Å². The van der Waals surface area contributed by atoms with Gasteiger partial charge in [0.05, 0.1) is 19.4 Å². The van der Waals surface area contributed by atoms with Gasteiger partial charge in [0.15, 0.2) is 16.6 Å². The van der Waals surface area contributed by atoms with Crippen LogP contribution in [-0.4, -0.2) is 30.6 Å². The molecule has 29 heavy (non-hydrogen) atoms. The van der Waals surface area contributed by atoms with E-state index in [1.165, 1.54) is 11.0 Å². The summed E-state index contributed by atoms with van der Waals surface area (Å²) >= 11 is 11.4. The Kier molecular flexibility index (Phi) is 6.20. The largest absolute Gasteiger partial charge is 0.493 e. The molecule has 1 saturated heterocycles. The van der Waals surface area contributed by atoms with Gasteiger partial charge in [-0.15, -0.1) is 0 Å². The molecule has 2 amide bonds. The second kappa shape index (κ2) is 8.63. The van der Waals surface area contributed by atoms with Gasteiger partial charge in [-0.3, -0.25) is 19.8 Å². The minimum absolute atomic E-state index is 0.00672. The molecule has 0 bridgehead atoms. The highest BCUT2D eigenvalue weighted by Gasteiger charge is 2.35. The number of rotatable bonds is 5. The lowest BCUT2D eigenvalue weighted by Gasteiger charge is -2.30. The van der Waals surface area contributed by atoms with Crippen molar-refractivity contribution < 1.29 is 19.1 Å². The molecule has 0 atom stereocenters. The Morgan fingerprint density at radius 2 is 1.97 bits per heavy atom. The molecule has 1 aliphatic heterocycles. The van der Waals surface area contributed by atoms with E-state index in [-0.39, 0.29) is 10.7 Å². The lowest BCUT2D eigenvalue weighted by Crippen LogP contribution is -2.54. The third-order valence-corrected chi connectivity index (χ3v) is 5.07. The van der Waals surface area contributed by atoms with Gasteiger partial charge in [-0.2, -0.15) is 0 Å². The van der Waals surface area contributed by atoms with Crippen LogP contribution in [0.25, 0.3) is 6.08 Å². The number of thiocarbonyl (C=S) groups is 1. The third kappa shape index (κ3) is 4.11. The van der Waals surface area contributed by atoms with E-state index in [9.17, 15) is 9.59 Å². The van der Waals surface area contributed by atoms with Gasteiger partial charge in [0.1, 0.15) is 5.57 Å². The van der Waals surface area contributed by atoms with Crippen molar-refractivity contribution in [1.29, 1.82) is 0 Å². The smallest absolute Gasteiger partial charge is 0.270 e. The Morgan fingerprint density at radius 3 is 2.66 bits per heavy atom. The van der Waals surface area contributed by atoms with E-state index >= 15 is 0 Å². The number of nitrogens with one attached hydrogen (secondary N) is 1. The molecule has 0 aromatic heterocycles. The molecule has 2 aromatic carbocycles. The zero-order valence-corrected chi connectivity index (χ0v) is 17.7. The lowest BCUT2D eigenvalue weighted by molar-refractivity contribution is -0.122. The average Bonchev–Trinajstić information content (AvgIpc) is 2.69. The minimum atomic E-state index is -0.565. The molecule has 8 heteroatoms. The van der Waals surface area contributed by atoms with Gasteiger partial charge in [0.25, 0.3) is 11.8 Å².